The summed E-state index contributed by atoms with van der Waals surface area (Å²) in [4.78, 5) is 12.1. The second-order valence-corrected chi connectivity index (χ2v) is 6.80. The molecule has 0 fully saturated rings. The molecular formula is C15H26ClN3O3S. The highest BCUT2D eigenvalue weighted by molar-refractivity contribution is 7.89. The van der Waals surface area contributed by atoms with E-state index in [1.165, 1.54) is 4.31 Å². The molecule has 132 valence electrons. The van der Waals surface area contributed by atoms with Crippen LogP contribution in [0.5, 0.6) is 0 Å². The zero-order valence-corrected chi connectivity index (χ0v) is 15.5. The fraction of sp³-hybridized carbons (Fsp3) is 0.533. The van der Waals surface area contributed by atoms with E-state index in [-0.39, 0.29) is 12.4 Å². The van der Waals surface area contributed by atoms with E-state index in [0.717, 1.165) is 12.1 Å². The zero-order chi connectivity index (χ0) is 16.6. The minimum atomic E-state index is -3.57. The van der Waals surface area contributed by atoms with Gasteiger partial charge < -0.3 is 10.6 Å². The van der Waals surface area contributed by atoms with Crippen molar-refractivity contribution in [3.63, 3.8) is 0 Å². The monoisotopic (exact) mass is 363 g/mol. The topological polar surface area (TPSA) is 78.5 Å². The number of nitrogens with zero attached hydrogens (tertiary/aromatic N) is 1. The highest BCUT2D eigenvalue weighted by Crippen LogP contribution is 2.15. The van der Waals surface area contributed by atoms with E-state index in [4.69, 9.17) is 0 Å². The number of halogens is 1. The number of anilines is 1. The van der Waals surface area contributed by atoms with Crippen LogP contribution in [-0.4, -0.2) is 44.0 Å². The molecule has 0 aliphatic heterocycles. The smallest absolute Gasteiger partial charge is 0.241 e. The van der Waals surface area contributed by atoms with Crippen LogP contribution in [0.25, 0.3) is 0 Å². The second-order valence-electron chi connectivity index (χ2n) is 4.83. The summed E-state index contributed by atoms with van der Waals surface area (Å²) in [5.74, 6) is -1.06. The van der Waals surface area contributed by atoms with Crippen molar-refractivity contribution in [2.24, 2.45) is 0 Å². The summed E-state index contributed by atoms with van der Waals surface area (Å²) in [6, 6.07) is 7.37. The lowest BCUT2D eigenvalue weighted by molar-refractivity contribution is -0.113. The Hall–Kier alpha value is -1.15. The molecule has 2 N–H and O–H groups in total. The Balaban J connectivity index is 0.00000484. The summed E-state index contributed by atoms with van der Waals surface area (Å²) in [5, 5.41) is 5.88. The molecule has 0 aliphatic rings. The Morgan fingerprint density at radius 2 is 1.74 bits per heavy atom. The maximum absolute atomic E-state index is 12.1. The average molecular weight is 364 g/mol. The first-order valence-corrected chi connectivity index (χ1v) is 9.11. The van der Waals surface area contributed by atoms with Gasteiger partial charge in [0.15, 0.2) is 0 Å². The maximum Gasteiger partial charge on any atom is 0.241 e. The molecule has 0 aliphatic carbocycles. The molecule has 0 unspecified atom stereocenters. The van der Waals surface area contributed by atoms with Crippen molar-refractivity contribution in [3.05, 3.63) is 29.8 Å². The minimum Gasteiger partial charge on any atom is -0.325 e. The molecule has 1 rings (SSSR count). The van der Waals surface area contributed by atoms with E-state index in [0.29, 0.717) is 25.3 Å². The molecular weight excluding hydrogens is 338 g/mol. The number of hydrogen-bond acceptors (Lipinski definition) is 4. The van der Waals surface area contributed by atoms with Crippen molar-refractivity contribution >= 4 is 34.0 Å². The van der Waals surface area contributed by atoms with Crippen LogP contribution in [-0.2, 0) is 21.4 Å². The molecule has 0 aromatic heterocycles. The Morgan fingerprint density at radius 3 is 2.30 bits per heavy atom. The van der Waals surface area contributed by atoms with Crippen LogP contribution < -0.4 is 10.6 Å². The minimum absolute atomic E-state index is 0. The van der Waals surface area contributed by atoms with Gasteiger partial charge in [0.05, 0.1) is 0 Å². The lowest BCUT2D eigenvalue weighted by Crippen LogP contribution is -2.37. The summed E-state index contributed by atoms with van der Waals surface area (Å²) in [6.45, 7) is 7.67. The first-order chi connectivity index (χ1) is 10.4. The Labute approximate surface area is 145 Å². The van der Waals surface area contributed by atoms with Gasteiger partial charge in [0.25, 0.3) is 0 Å². The first-order valence-electron chi connectivity index (χ1n) is 7.50. The first kappa shape index (κ1) is 21.9. The molecule has 0 saturated heterocycles. The fourth-order valence-corrected chi connectivity index (χ4v) is 3.49. The van der Waals surface area contributed by atoms with Gasteiger partial charge in [-0.25, -0.2) is 12.7 Å². The van der Waals surface area contributed by atoms with Crippen LogP contribution in [0.4, 0.5) is 5.69 Å². The molecule has 0 bridgehead atoms. The van der Waals surface area contributed by atoms with Gasteiger partial charge in [0, 0.05) is 25.3 Å². The van der Waals surface area contributed by atoms with Crippen LogP contribution in [0.2, 0.25) is 0 Å². The van der Waals surface area contributed by atoms with Gasteiger partial charge in [0.1, 0.15) is 5.75 Å². The molecule has 8 heteroatoms. The second kappa shape index (κ2) is 10.6. The van der Waals surface area contributed by atoms with Crippen molar-refractivity contribution in [1.29, 1.82) is 0 Å². The van der Waals surface area contributed by atoms with E-state index in [9.17, 15) is 13.2 Å². The Bertz CT molecular complexity index is 589. The molecule has 0 spiro atoms. The van der Waals surface area contributed by atoms with Crippen molar-refractivity contribution in [3.8, 4) is 0 Å². The van der Waals surface area contributed by atoms with Crippen molar-refractivity contribution in [2.45, 2.75) is 27.3 Å². The molecule has 1 aromatic carbocycles. The lowest BCUT2D eigenvalue weighted by Gasteiger charge is -2.18. The van der Waals surface area contributed by atoms with Gasteiger partial charge in [-0.3, -0.25) is 4.79 Å². The third kappa shape index (κ3) is 6.87. The van der Waals surface area contributed by atoms with Gasteiger partial charge in [-0.2, -0.15) is 0 Å². The molecule has 6 nitrogen and oxygen atoms in total. The number of para-hydroxylation sites is 1. The van der Waals surface area contributed by atoms with Crippen LogP contribution in [0.1, 0.15) is 26.3 Å². The van der Waals surface area contributed by atoms with Gasteiger partial charge in [-0.05, 0) is 18.2 Å². The largest absolute Gasteiger partial charge is 0.325 e. The maximum atomic E-state index is 12.1. The molecule has 0 radical (unpaired) electrons. The third-order valence-electron chi connectivity index (χ3n) is 3.27. The molecule has 0 saturated carbocycles. The number of amides is 1. The zero-order valence-electron chi connectivity index (χ0n) is 13.8. The predicted molar refractivity (Wildman–Crippen MR) is 96.4 cm³/mol. The molecule has 1 amide bonds. The highest BCUT2D eigenvalue weighted by atomic mass is 35.5. The van der Waals surface area contributed by atoms with Crippen molar-refractivity contribution < 1.29 is 13.2 Å². The number of rotatable bonds is 9. The number of benzene rings is 1. The molecule has 0 heterocycles. The normalized spacial score (nSPS) is 11.1. The van der Waals surface area contributed by atoms with Crippen LogP contribution in [0, 0.1) is 0 Å². The van der Waals surface area contributed by atoms with Gasteiger partial charge in [-0.1, -0.05) is 39.0 Å². The quantitative estimate of drug-likeness (QED) is 0.701. The summed E-state index contributed by atoms with van der Waals surface area (Å²) in [7, 11) is -3.57. The van der Waals surface area contributed by atoms with Crippen molar-refractivity contribution in [2.75, 3.05) is 30.7 Å². The molecule has 23 heavy (non-hydrogen) atoms. The number of carbonyl (C=O) groups is 1. The van der Waals surface area contributed by atoms with Gasteiger partial charge in [-0.15, -0.1) is 12.4 Å². The Morgan fingerprint density at radius 1 is 1.13 bits per heavy atom. The van der Waals surface area contributed by atoms with E-state index in [1.54, 1.807) is 19.9 Å². The van der Waals surface area contributed by atoms with E-state index >= 15 is 0 Å². The molecule has 0 atom stereocenters. The Kier molecular flexibility index (Phi) is 10.1. The number of nitrogens with one attached hydrogen (secondary N) is 2. The summed E-state index contributed by atoms with van der Waals surface area (Å²) >= 11 is 0. The summed E-state index contributed by atoms with van der Waals surface area (Å²) < 4.78 is 25.5. The lowest BCUT2D eigenvalue weighted by atomic mass is 10.1. The van der Waals surface area contributed by atoms with E-state index in [2.05, 4.69) is 10.6 Å². The van der Waals surface area contributed by atoms with Gasteiger partial charge in [0.2, 0.25) is 15.9 Å². The average Bonchev–Trinajstić information content (AvgIpc) is 2.46. The summed E-state index contributed by atoms with van der Waals surface area (Å²) in [5.41, 5.74) is 1.57. The third-order valence-corrected chi connectivity index (χ3v) is 5.20. The standard InChI is InChI=1S/C15H25N3O3S.ClH/c1-4-16-11-13-9-7-8-10-14(13)17-15(19)12-22(20,21)18(5-2)6-3;/h7-10,16H,4-6,11-12H2,1-3H3,(H,17,19);1H. The van der Waals surface area contributed by atoms with Crippen LogP contribution in [0.3, 0.4) is 0 Å². The summed E-state index contributed by atoms with van der Waals surface area (Å²) in [6.07, 6.45) is 0. The number of carbonyl (C=O) groups excluding carboxylic acids is 1. The van der Waals surface area contributed by atoms with Crippen LogP contribution in [0.15, 0.2) is 24.3 Å². The van der Waals surface area contributed by atoms with E-state index in [1.807, 2.05) is 25.1 Å². The van der Waals surface area contributed by atoms with E-state index < -0.39 is 21.7 Å². The fourth-order valence-electron chi connectivity index (χ4n) is 2.12. The predicted octanol–water partition coefficient (Wildman–Crippen LogP) is 1.83. The number of hydrogen-bond donors (Lipinski definition) is 2. The van der Waals surface area contributed by atoms with Gasteiger partial charge >= 0.3 is 0 Å². The van der Waals surface area contributed by atoms with Crippen LogP contribution >= 0.6 is 12.4 Å². The SMILES string of the molecule is CCNCc1ccccc1NC(=O)CS(=O)(=O)N(CC)CC.Cl. The van der Waals surface area contributed by atoms with Crippen molar-refractivity contribution in [1.82, 2.24) is 9.62 Å². The number of sulfonamides is 1. The highest BCUT2D eigenvalue weighted by Gasteiger charge is 2.23. The molecule has 1 aromatic rings.